The normalized spacial score (nSPS) is 17.1. The van der Waals surface area contributed by atoms with Gasteiger partial charge in [-0.1, -0.05) is 55.5 Å². The zero-order chi connectivity index (χ0) is 25.1. The molecule has 3 aromatic carbocycles. The summed E-state index contributed by atoms with van der Waals surface area (Å²) < 4.78 is 29.8. The summed E-state index contributed by atoms with van der Waals surface area (Å²) >= 11 is 0. The number of hydrogen-bond acceptors (Lipinski definition) is 5. The number of nitriles is 1. The van der Waals surface area contributed by atoms with Gasteiger partial charge >= 0.3 is 0 Å². The van der Waals surface area contributed by atoms with E-state index in [4.69, 9.17) is 0 Å². The highest BCUT2D eigenvalue weighted by molar-refractivity contribution is 7.89. The Morgan fingerprint density at radius 1 is 1.08 bits per heavy atom. The molecular formula is C28H27N5O2S. The number of imidazole rings is 1. The average Bonchev–Trinajstić information content (AvgIpc) is 3.37. The molecule has 5 rings (SSSR count). The molecule has 0 aliphatic carbocycles. The third-order valence-electron chi connectivity index (χ3n) is 6.82. The average molecular weight is 498 g/mol. The van der Waals surface area contributed by atoms with Crippen molar-refractivity contribution in [3.63, 3.8) is 0 Å². The lowest BCUT2D eigenvalue weighted by Crippen LogP contribution is -2.47. The highest BCUT2D eigenvalue weighted by atomic mass is 32.2. The van der Waals surface area contributed by atoms with Gasteiger partial charge in [0, 0.05) is 31.0 Å². The zero-order valence-corrected chi connectivity index (χ0v) is 20.8. The van der Waals surface area contributed by atoms with Gasteiger partial charge in [0.2, 0.25) is 10.0 Å². The third-order valence-corrected chi connectivity index (χ3v) is 8.71. The summed E-state index contributed by atoms with van der Waals surface area (Å²) in [6.07, 6.45) is 3.42. The van der Waals surface area contributed by atoms with Crippen LogP contribution in [-0.4, -0.2) is 35.3 Å². The first-order chi connectivity index (χ1) is 17.5. The standard InChI is InChI=1S/C28H27N5O2S/c1-21(23-8-4-2-5-9-23)28-19-32(18-25-16-30-20-31-25)27-13-12-22(15-29)14-24(27)17-33(28)36(34,35)26-10-6-3-7-11-26/h2-14,16,20-21,28H,17-19H2,1H3,(H,30,31)/t21-,28+/m1/s1. The van der Waals surface area contributed by atoms with Crippen LogP contribution in [0.5, 0.6) is 0 Å². The zero-order valence-electron chi connectivity index (χ0n) is 19.9. The molecule has 0 amide bonds. The van der Waals surface area contributed by atoms with Crippen molar-refractivity contribution in [1.29, 1.82) is 5.26 Å². The Kier molecular flexibility index (Phi) is 6.59. The summed E-state index contributed by atoms with van der Waals surface area (Å²) in [5.74, 6) is -0.0845. The van der Waals surface area contributed by atoms with Crippen molar-refractivity contribution >= 4 is 15.7 Å². The van der Waals surface area contributed by atoms with Crippen LogP contribution < -0.4 is 4.90 Å². The molecule has 4 aromatic rings. The minimum absolute atomic E-state index is 0.0845. The highest BCUT2D eigenvalue weighted by Gasteiger charge is 2.39. The van der Waals surface area contributed by atoms with Crippen molar-refractivity contribution in [2.45, 2.75) is 36.9 Å². The Morgan fingerprint density at radius 3 is 2.47 bits per heavy atom. The maximum absolute atomic E-state index is 14.1. The minimum atomic E-state index is -3.83. The quantitative estimate of drug-likeness (QED) is 0.418. The van der Waals surface area contributed by atoms with Crippen LogP contribution in [0.3, 0.4) is 0 Å². The van der Waals surface area contributed by atoms with Gasteiger partial charge in [-0.2, -0.15) is 9.57 Å². The number of hydrogen-bond donors (Lipinski definition) is 1. The van der Waals surface area contributed by atoms with Crippen LogP contribution in [0.1, 0.15) is 35.2 Å². The molecule has 8 heteroatoms. The largest absolute Gasteiger partial charge is 0.364 e. The van der Waals surface area contributed by atoms with Crippen LogP contribution in [-0.2, 0) is 23.1 Å². The van der Waals surface area contributed by atoms with Gasteiger partial charge in [0.1, 0.15) is 0 Å². The second-order valence-corrected chi connectivity index (χ2v) is 10.9. The first-order valence-electron chi connectivity index (χ1n) is 11.8. The van der Waals surface area contributed by atoms with Gasteiger partial charge in [-0.3, -0.25) is 0 Å². The molecular weight excluding hydrogens is 470 g/mol. The molecule has 0 radical (unpaired) electrons. The van der Waals surface area contributed by atoms with Gasteiger partial charge in [-0.05, 0) is 47.4 Å². The number of rotatable bonds is 6. The number of aromatic amines is 1. The summed E-state index contributed by atoms with van der Waals surface area (Å²) in [5.41, 5.74) is 4.22. The topological polar surface area (TPSA) is 93.1 Å². The van der Waals surface area contributed by atoms with E-state index in [0.29, 0.717) is 18.7 Å². The third kappa shape index (κ3) is 4.63. The smallest absolute Gasteiger partial charge is 0.243 e. The maximum Gasteiger partial charge on any atom is 0.243 e. The summed E-state index contributed by atoms with van der Waals surface area (Å²) in [6, 6.07) is 25.9. The van der Waals surface area contributed by atoms with E-state index in [2.05, 4.69) is 27.9 Å². The first kappa shape index (κ1) is 23.8. The fourth-order valence-electron chi connectivity index (χ4n) is 4.89. The molecule has 182 valence electrons. The first-order valence-corrected chi connectivity index (χ1v) is 13.3. The lowest BCUT2D eigenvalue weighted by Gasteiger charge is -2.36. The number of nitrogens with zero attached hydrogens (tertiary/aromatic N) is 4. The summed E-state index contributed by atoms with van der Waals surface area (Å²) in [6.45, 7) is 3.26. The molecule has 0 saturated heterocycles. The summed E-state index contributed by atoms with van der Waals surface area (Å²) in [4.78, 5) is 9.77. The molecule has 0 bridgehead atoms. The number of anilines is 1. The van der Waals surface area contributed by atoms with E-state index in [-0.39, 0.29) is 23.4 Å². The van der Waals surface area contributed by atoms with E-state index in [9.17, 15) is 13.7 Å². The minimum Gasteiger partial charge on any atom is -0.364 e. The van der Waals surface area contributed by atoms with Crippen molar-refractivity contribution in [3.8, 4) is 6.07 Å². The molecule has 0 saturated carbocycles. The van der Waals surface area contributed by atoms with Crippen molar-refractivity contribution < 1.29 is 8.42 Å². The van der Waals surface area contributed by atoms with Crippen LogP contribution in [0.15, 0.2) is 96.3 Å². The Labute approximate surface area is 211 Å². The van der Waals surface area contributed by atoms with E-state index in [0.717, 1.165) is 22.5 Å². The molecule has 1 aromatic heterocycles. The number of fused-ring (bicyclic) bond motifs is 1. The lowest BCUT2D eigenvalue weighted by molar-refractivity contribution is 0.288. The van der Waals surface area contributed by atoms with E-state index in [1.54, 1.807) is 53.2 Å². The molecule has 36 heavy (non-hydrogen) atoms. The number of aromatic nitrogens is 2. The van der Waals surface area contributed by atoms with E-state index in [1.807, 2.05) is 42.5 Å². The Balaban J connectivity index is 1.66. The van der Waals surface area contributed by atoms with Gasteiger partial charge < -0.3 is 9.88 Å². The Hall–Kier alpha value is -3.93. The fraction of sp³-hybridized carbons (Fsp3) is 0.214. The van der Waals surface area contributed by atoms with Gasteiger partial charge in [0.25, 0.3) is 0 Å². The van der Waals surface area contributed by atoms with Gasteiger partial charge in [-0.15, -0.1) is 0 Å². The maximum atomic E-state index is 14.1. The van der Waals surface area contributed by atoms with E-state index in [1.165, 1.54) is 0 Å². The SMILES string of the molecule is C[C@H](c1ccccc1)[C@@H]1CN(Cc2cnc[nH]2)c2ccc(C#N)cc2CN1S(=O)(=O)c1ccccc1. The van der Waals surface area contributed by atoms with Crippen LogP contribution in [0.4, 0.5) is 5.69 Å². The summed E-state index contributed by atoms with van der Waals surface area (Å²) in [5, 5.41) is 9.57. The Morgan fingerprint density at radius 2 is 1.81 bits per heavy atom. The number of benzene rings is 3. The van der Waals surface area contributed by atoms with Crippen LogP contribution in [0, 0.1) is 11.3 Å². The van der Waals surface area contributed by atoms with Crippen LogP contribution >= 0.6 is 0 Å². The fourth-order valence-corrected chi connectivity index (χ4v) is 6.58. The van der Waals surface area contributed by atoms with Crippen molar-refractivity contribution in [2.24, 2.45) is 0 Å². The molecule has 0 spiro atoms. The molecule has 0 fully saturated rings. The van der Waals surface area contributed by atoms with Crippen molar-refractivity contribution in [1.82, 2.24) is 14.3 Å². The molecule has 1 N–H and O–H groups in total. The second kappa shape index (κ2) is 9.97. The molecule has 1 aliphatic heterocycles. The summed E-state index contributed by atoms with van der Waals surface area (Å²) in [7, 11) is -3.83. The number of sulfonamides is 1. The van der Waals surface area contributed by atoms with Gasteiger partial charge in [-0.25, -0.2) is 13.4 Å². The Bertz CT molecular complexity index is 1470. The number of H-pyrrole nitrogens is 1. The predicted molar refractivity (Wildman–Crippen MR) is 139 cm³/mol. The highest BCUT2D eigenvalue weighted by Crippen LogP contribution is 2.37. The number of nitrogens with one attached hydrogen (secondary N) is 1. The predicted octanol–water partition coefficient (Wildman–Crippen LogP) is 4.66. The monoisotopic (exact) mass is 497 g/mol. The second-order valence-electron chi connectivity index (χ2n) is 9.04. The molecule has 1 aliphatic rings. The van der Waals surface area contributed by atoms with E-state index >= 15 is 0 Å². The van der Waals surface area contributed by atoms with Crippen LogP contribution in [0.2, 0.25) is 0 Å². The van der Waals surface area contributed by atoms with Crippen molar-refractivity contribution in [3.05, 3.63) is 114 Å². The molecule has 2 atom stereocenters. The van der Waals surface area contributed by atoms with Crippen molar-refractivity contribution in [2.75, 3.05) is 11.4 Å². The van der Waals surface area contributed by atoms with Gasteiger partial charge in [0.15, 0.2) is 0 Å². The lowest BCUT2D eigenvalue weighted by atomic mass is 9.93. The molecule has 0 unspecified atom stereocenters. The molecule has 7 nitrogen and oxygen atoms in total. The van der Waals surface area contributed by atoms with Crippen LogP contribution in [0.25, 0.3) is 0 Å². The van der Waals surface area contributed by atoms with E-state index < -0.39 is 10.0 Å². The van der Waals surface area contributed by atoms with Gasteiger partial charge in [0.05, 0.1) is 35.1 Å². The molecule has 2 heterocycles.